The zero-order valence-electron chi connectivity index (χ0n) is 11.8. The molecule has 0 radical (unpaired) electrons. The average molecular weight is 288 g/mol. The third-order valence-corrected chi connectivity index (χ3v) is 2.73. The highest BCUT2D eigenvalue weighted by Crippen LogP contribution is 2.16. The molecule has 2 amide bonds. The lowest BCUT2D eigenvalue weighted by Gasteiger charge is -2.11. The van der Waals surface area contributed by atoms with Gasteiger partial charge in [-0.1, -0.05) is 12.1 Å². The Kier molecular flexibility index (Phi) is 4.55. The van der Waals surface area contributed by atoms with E-state index in [9.17, 15) is 9.59 Å². The minimum atomic E-state index is -0.478. The highest BCUT2D eigenvalue weighted by molar-refractivity contribution is 6.04. The van der Waals surface area contributed by atoms with E-state index in [1.54, 1.807) is 50.5 Å². The molecule has 1 aromatic heterocycles. The third-order valence-electron chi connectivity index (χ3n) is 2.73. The van der Waals surface area contributed by atoms with Crippen molar-refractivity contribution >= 4 is 23.5 Å². The van der Waals surface area contributed by atoms with Crippen LogP contribution < -0.4 is 10.6 Å². The second-order valence-corrected chi connectivity index (χ2v) is 4.19. The summed E-state index contributed by atoms with van der Waals surface area (Å²) < 4.78 is 6.48. The Morgan fingerprint density at radius 1 is 1.24 bits per heavy atom. The molecule has 1 aromatic carbocycles. The first-order chi connectivity index (χ1) is 10.1. The zero-order chi connectivity index (χ0) is 15.2. The number of hydrogen-bond donors (Lipinski definition) is 2. The van der Waals surface area contributed by atoms with Gasteiger partial charge in [-0.2, -0.15) is 5.10 Å². The highest BCUT2D eigenvalue weighted by atomic mass is 16.5. The standard InChI is InChI=1S/C14H16N4O3/c1-3-21-13(19)10-6-4-5-7-11(10)16-14(20)17-12-8-9-15-18(12)2/h4-9H,3H2,1-2H3,(H2,16,17,20). The number of urea groups is 1. The van der Waals surface area contributed by atoms with E-state index in [4.69, 9.17) is 4.74 Å². The first kappa shape index (κ1) is 14.6. The van der Waals surface area contributed by atoms with E-state index in [1.165, 1.54) is 4.68 Å². The molecule has 0 atom stereocenters. The lowest BCUT2D eigenvalue weighted by Crippen LogP contribution is -2.22. The summed E-state index contributed by atoms with van der Waals surface area (Å²) in [5.74, 6) is 0.0649. The fourth-order valence-corrected chi connectivity index (χ4v) is 1.75. The van der Waals surface area contributed by atoms with Crippen molar-refractivity contribution in [1.29, 1.82) is 0 Å². The molecule has 0 bridgehead atoms. The van der Waals surface area contributed by atoms with Crippen LogP contribution in [0, 0.1) is 0 Å². The van der Waals surface area contributed by atoms with Crippen LogP contribution in [0.1, 0.15) is 17.3 Å². The van der Waals surface area contributed by atoms with Gasteiger partial charge in [0, 0.05) is 13.1 Å². The van der Waals surface area contributed by atoms with E-state index < -0.39 is 12.0 Å². The van der Waals surface area contributed by atoms with Crippen molar-refractivity contribution in [1.82, 2.24) is 9.78 Å². The molecule has 7 heteroatoms. The zero-order valence-corrected chi connectivity index (χ0v) is 11.8. The molecule has 2 N–H and O–H groups in total. The fourth-order valence-electron chi connectivity index (χ4n) is 1.75. The Balaban J connectivity index is 2.10. The van der Waals surface area contributed by atoms with Gasteiger partial charge in [0.15, 0.2) is 0 Å². The van der Waals surface area contributed by atoms with Gasteiger partial charge in [-0.15, -0.1) is 0 Å². The quantitative estimate of drug-likeness (QED) is 0.845. The van der Waals surface area contributed by atoms with Crippen LogP contribution in [0.4, 0.5) is 16.3 Å². The molecule has 0 fully saturated rings. The van der Waals surface area contributed by atoms with Gasteiger partial charge in [-0.3, -0.25) is 10.00 Å². The first-order valence-corrected chi connectivity index (χ1v) is 6.44. The normalized spacial score (nSPS) is 10.0. The number of aromatic nitrogens is 2. The molecular formula is C14H16N4O3. The van der Waals surface area contributed by atoms with Crippen molar-refractivity contribution in [2.75, 3.05) is 17.2 Å². The molecule has 0 spiro atoms. The summed E-state index contributed by atoms with van der Waals surface area (Å²) in [6.45, 7) is 2.00. The van der Waals surface area contributed by atoms with Crippen LogP contribution in [-0.4, -0.2) is 28.4 Å². The summed E-state index contributed by atoms with van der Waals surface area (Å²) in [5.41, 5.74) is 0.690. The number of anilines is 2. The Morgan fingerprint density at radius 3 is 2.67 bits per heavy atom. The summed E-state index contributed by atoms with van der Waals surface area (Å²) >= 11 is 0. The van der Waals surface area contributed by atoms with Gasteiger partial charge in [0.05, 0.1) is 24.1 Å². The number of benzene rings is 1. The average Bonchev–Trinajstić information content (AvgIpc) is 2.85. The minimum absolute atomic E-state index is 0.272. The van der Waals surface area contributed by atoms with E-state index in [2.05, 4.69) is 15.7 Å². The van der Waals surface area contributed by atoms with Crippen LogP contribution in [-0.2, 0) is 11.8 Å². The second-order valence-electron chi connectivity index (χ2n) is 4.19. The molecule has 0 aliphatic rings. The maximum absolute atomic E-state index is 11.9. The summed E-state index contributed by atoms with van der Waals surface area (Å²) in [6, 6.07) is 7.86. The number of ether oxygens (including phenoxy) is 1. The number of para-hydroxylation sites is 1. The summed E-state index contributed by atoms with van der Waals surface area (Å²) in [5, 5.41) is 9.21. The van der Waals surface area contributed by atoms with Crippen molar-refractivity contribution < 1.29 is 14.3 Å². The third kappa shape index (κ3) is 3.59. The Bertz CT molecular complexity index is 651. The van der Waals surface area contributed by atoms with Crippen molar-refractivity contribution in [3.8, 4) is 0 Å². The number of rotatable bonds is 4. The predicted molar refractivity (Wildman–Crippen MR) is 78.2 cm³/mol. The van der Waals surface area contributed by atoms with E-state index in [1.807, 2.05) is 0 Å². The van der Waals surface area contributed by atoms with Gasteiger partial charge in [-0.05, 0) is 19.1 Å². The molecule has 110 valence electrons. The number of esters is 1. The number of carbonyl (C=O) groups excluding carboxylic acids is 2. The van der Waals surface area contributed by atoms with Crippen LogP contribution in [0.3, 0.4) is 0 Å². The lowest BCUT2D eigenvalue weighted by atomic mass is 10.2. The molecule has 0 unspecified atom stereocenters. The number of amides is 2. The predicted octanol–water partition coefficient (Wildman–Crippen LogP) is 2.24. The second kappa shape index (κ2) is 6.56. The molecular weight excluding hydrogens is 272 g/mol. The van der Waals surface area contributed by atoms with E-state index in [0.717, 1.165) is 0 Å². The number of nitrogens with zero attached hydrogens (tertiary/aromatic N) is 2. The van der Waals surface area contributed by atoms with Gasteiger partial charge < -0.3 is 10.1 Å². The summed E-state index contributed by atoms with van der Waals surface area (Å²) in [6.07, 6.45) is 1.57. The SMILES string of the molecule is CCOC(=O)c1ccccc1NC(=O)Nc1ccnn1C. The Morgan fingerprint density at radius 2 is 2.00 bits per heavy atom. The fraction of sp³-hybridized carbons (Fsp3) is 0.214. The molecule has 1 heterocycles. The Labute approximate surface area is 121 Å². The first-order valence-electron chi connectivity index (χ1n) is 6.44. The molecule has 21 heavy (non-hydrogen) atoms. The smallest absolute Gasteiger partial charge is 0.340 e. The number of aryl methyl sites for hydroxylation is 1. The molecule has 0 aliphatic heterocycles. The maximum atomic E-state index is 11.9. The Hall–Kier alpha value is -2.83. The monoisotopic (exact) mass is 288 g/mol. The number of nitrogens with one attached hydrogen (secondary N) is 2. The lowest BCUT2D eigenvalue weighted by molar-refractivity contribution is 0.0527. The largest absolute Gasteiger partial charge is 0.462 e. The number of hydrogen-bond acceptors (Lipinski definition) is 4. The van der Waals surface area contributed by atoms with Crippen LogP contribution in [0.2, 0.25) is 0 Å². The van der Waals surface area contributed by atoms with E-state index in [0.29, 0.717) is 17.1 Å². The van der Waals surface area contributed by atoms with Gasteiger partial charge in [-0.25, -0.2) is 9.59 Å². The molecule has 2 rings (SSSR count). The van der Waals surface area contributed by atoms with Gasteiger partial charge in [0.2, 0.25) is 0 Å². The highest BCUT2D eigenvalue weighted by Gasteiger charge is 2.14. The topological polar surface area (TPSA) is 85.2 Å². The molecule has 7 nitrogen and oxygen atoms in total. The number of carbonyl (C=O) groups is 2. The van der Waals surface area contributed by atoms with Crippen LogP contribution >= 0.6 is 0 Å². The maximum Gasteiger partial charge on any atom is 0.340 e. The van der Waals surface area contributed by atoms with Crippen LogP contribution in [0.25, 0.3) is 0 Å². The van der Waals surface area contributed by atoms with Crippen LogP contribution in [0.15, 0.2) is 36.5 Å². The van der Waals surface area contributed by atoms with Crippen molar-refractivity contribution in [2.24, 2.45) is 7.05 Å². The van der Waals surface area contributed by atoms with Gasteiger partial charge in [0.1, 0.15) is 5.82 Å². The van der Waals surface area contributed by atoms with Crippen molar-refractivity contribution in [3.63, 3.8) is 0 Å². The van der Waals surface area contributed by atoms with E-state index in [-0.39, 0.29) is 6.61 Å². The van der Waals surface area contributed by atoms with Crippen molar-refractivity contribution in [2.45, 2.75) is 6.92 Å². The van der Waals surface area contributed by atoms with Gasteiger partial charge >= 0.3 is 12.0 Å². The molecule has 2 aromatic rings. The van der Waals surface area contributed by atoms with E-state index >= 15 is 0 Å². The van der Waals surface area contributed by atoms with Gasteiger partial charge in [0.25, 0.3) is 0 Å². The molecule has 0 saturated heterocycles. The van der Waals surface area contributed by atoms with Crippen LogP contribution in [0.5, 0.6) is 0 Å². The minimum Gasteiger partial charge on any atom is -0.462 e. The summed E-state index contributed by atoms with van der Waals surface area (Å²) in [7, 11) is 1.71. The summed E-state index contributed by atoms with van der Waals surface area (Å²) in [4.78, 5) is 23.8. The molecule has 0 saturated carbocycles. The van der Waals surface area contributed by atoms with Crippen molar-refractivity contribution in [3.05, 3.63) is 42.1 Å². The molecule has 0 aliphatic carbocycles.